The second kappa shape index (κ2) is 45.5. The predicted molar refractivity (Wildman–Crippen MR) is 484 cm³/mol. The molecule has 135 heavy (non-hydrogen) atoms. The monoisotopic (exact) mass is 1900 g/mol. The van der Waals surface area contributed by atoms with E-state index in [0.717, 1.165) is 56.7 Å². The number of ether oxygens (including phenoxy) is 6. The molecule has 0 fully saturated rings. The molecule has 0 aliphatic heterocycles. The molecule has 4 aromatic heterocycles. The van der Waals surface area contributed by atoms with Crippen molar-refractivity contribution in [3.63, 3.8) is 0 Å². The summed E-state index contributed by atoms with van der Waals surface area (Å²) < 4.78 is 188. The molecule has 0 saturated carbocycles. The average Bonchev–Trinajstić information content (AvgIpc) is 0.769. The highest BCUT2D eigenvalue weighted by molar-refractivity contribution is 6.34. The van der Waals surface area contributed by atoms with Gasteiger partial charge in [-0.1, -0.05) is 121 Å². The number of hydrogen-bond donors (Lipinski definition) is 6. The van der Waals surface area contributed by atoms with Crippen LogP contribution >= 0.6 is 23.2 Å². The van der Waals surface area contributed by atoms with Gasteiger partial charge in [-0.15, -0.1) is 0 Å². The molecular weight excluding hydrogens is 1820 g/mol. The Labute approximate surface area is 775 Å². The standard InChI is InChI=1S/C35H25ClF4N4O3.C33H33F2N3O7.C30H26ClF5N4O3/c1-47-35(46)29(15-21-10-12-25(32-23(21)8-5-13-42-32)24-11-9-19(18-41)14-26(24)36)44-34(45)30-27(37)16-22(17-28(30)38)43-31(33(39)40)20-6-3-2-4-7-20;1-6-45-17-19-12-27(42-3)29(28(13-19)43-4)23-10-9-20(22-8-7-11-36-31(22)23)14-26(33(41)44-5)38-32(40)30-24(34)15-21(16-25(30)35)37-18(2)39;1-4-24(30(34,35)36)39-17-12-21(32)25(22(33)13-17)28(41)40-23(29(42)43-3)11-16-7-8-19(26-18(16)6-5-9-37-26)27-20(31)10-15(2)14-38-27/h2-14,16-17,29,31,33,43H,15H2,1H3,(H,44,45);7-13,15-16,26H,6,14,17H2,1-5H3,(H,37,39)(H,38,40);5-10,12-14,23-24,39H,4,11H2,1-3H3,(H,40,41)/t29-,31?;26-;23-,24+/m000/s1. The fourth-order valence-electron chi connectivity index (χ4n) is 14.8. The van der Waals surface area contributed by atoms with E-state index in [1.165, 1.54) is 32.0 Å². The van der Waals surface area contributed by atoms with E-state index in [2.05, 4.69) is 46.5 Å². The molecule has 0 spiro atoms. The van der Waals surface area contributed by atoms with Crippen LogP contribution in [0.4, 0.5) is 65.4 Å². The van der Waals surface area contributed by atoms with Gasteiger partial charge in [0.15, 0.2) is 0 Å². The second-order valence-corrected chi connectivity index (χ2v) is 30.9. The van der Waals surface area contributed by atoms with E-state index in [1.54, 1.807) is 148 Å². The highest BCUT2D eigenvalue weighted by Gasteiger charge is 2.40. The summed E-state index contributed by atoms with van der Waals surface area (Å²) in [7, 11) is 6.43. The van der Waals surface area contributed by atoms with Gasteiger partial charge < -0.3 is 60.3 Å². The Bertz CT molecular complexity index is 6590. The van der Waals surface area contributed by atoms with Gasteiger partial charge in [0, 0.05) is 118 Å². The summed E-state index contributed by atoms with van der Waals surface area (Å²) in [4.78, 5) is 107. The van der Waals surface area contributed by atoms with Crippen molar-refractivity contribution >= 4 is 115 Å². The number of nitriles is 1. The van der Waals surface area contributed by atoms with Gasteiger partial charge in [0.1, 0.15) is 93.3 Å². The van der Waals surface area contributed by atoms with Crippen LogP contribution < -0.4 is 41.4 Å². The number of aromatic nitrogens is 4. The summed E-state index contributed by atoms with van der Waals surface area (Å²) in [6, 6.07) is 37.3. The summed E-state index contributed by atoms with van der Waals surface area (Å²) in [5.41, 5.74) is 5.37. The van der Waals surface area contributed by atoms with Crippen LogP contribution in [0.5, 0.6) is 11.5 Å². The maximum Gasteiger partial charge on any atom is 0.408 e. The van der Waals surface area contributed by atoms with E-state index < -0.39 is 148 Å². The number of halogens is 13. The Morgan fingerprint density at radius 1 is 0.481 bits per heavy atom. The molecule has 700 valence electrons. The molecule has 0 aliphatic carbocycles. The van der Waals surface area contributed by atoms with Crippen LogP contribution in [-0.2, 0) is 64.0 Å². The summed E-state index contributed by atoms with van der Waals surface area (Å²) in [5, 5.41) is 25.5. The predicted octanol–water partition coefficient (Wildman–Crippen LogP) is 19.6. The number of anilines is 3. The third kappa shape index (κ3) is 24.3. The zero-order valence-corrected chi connectivity index (χ0v) is 74.7. The highest BCUT2D eigenvalue weighted by atomic mass is 35.5. The number of methoxy groups -OCH3 is 5. The van der Waals surface area contributed by atoms with Gasteiger partial charge in [0.2, 0.25) is 5.91 Å². The summed E-state index contributed by atoms with van der Waals surface area (Å²) in [6.07, 6.45) is -1.93. The molecular formula is C98H84Cl2F11N11O13. The van der Waals surface area contributed by atoms with Crippen molar-refractivity contribution in [1.82, 2.24) is 35.9 Å². The molecule has 0 saturated heterocycles. The smallest absolute Gasteiger partial charge is 0.408 e. The number of carbonyl (C=O) groups excluding carboxylic acids is 7. The Morgan fingerprint density at radius 2 is 0.896 bits per heavy atom. The van der Waals surface area contributed by atoms with Crippen molar-refractivity contribution in [1.29, 1.82) is 5.26 Å². The normalized spacial score (nSPS) is 12.3. The molecule has 13 aromatic rings. The third-order valence-electron chi connectivity index (χ3n) is 21.2. The number of benzene rings is 9. The van der Waals surface area contributed by atoms with Crippen LogP contribution in [0.15, 0.2) is 201 Å². The van der Waals surface area contributed by atoms with Gasteiger partial charge in [-0.3, -0.25) is 39.1 Å². The number of alkyl halides is 5. The average molecular weight is 1900 g/mol. The van der Waals surface area contributed by atoms with Crippen molar-refractivity contribution in [2.45, 2.75) is 103 Å². The lowest BCUT2D eigenvalue weighted by molar-refractivity contribution is -0.143. The van der Waals surface area contributed by atoms with Crippen LogP contribution in [-0.4, -0.2) is 140 Å². The number of rotatable bonds is 31. The van der Waals surface area contributed by atoms with Crippen LogP contribution in [0.1, 0.15) is 103 Å². The lowest BCUT2D eigenvalue weighted by Gasteiger charge is -2.22. The van der Waals surface area contributed by atoms with Crippen molar-refractivity contribution in [3.05, 3.63) is 301 Å². The molecule has 6 N–H and O–H groups in total. The first-order chi connectivity index (χ1) is 64.5. The minimum absolute atomic E-state index is 0.0876. The minimum Gasteiger partial charge on any atom is -0.496 e. The summed E-state index contributed by atoms with van der Waals surface area (Å²) >= 11 is 12.9. The molecule has 37 heteroatoms. The van der Waals surface area contributed by atoms with Gasteiger partial charge in [0.25, 0.3) is 24.1 Å². The maximum absolute atomic E-state index is 15.2. The van der Waals surface area contributed by atoms with Gasteiger partial charge in [0.05, 0.1) is 86.6 Å². The molecule has 1 unspecified atom stereocenters. The number of esters is 3. The number of aryl methyl sites for hydroxylation is 1. The first kappa shape index (κ1) is 101. The lowest BCUT2D eigenvalue weighted by atomic mass is 9.93. The minimum atomic E-state index is -4.66. The van der Waals surface area contributed by atoms with E-state index >= 15 is 8.78 Å². The largest absolute Gasteiger partial charge is 0.496 e. The van der Waals surface area contributed by atoms with Gasteiger partial charge in [-0.2, -0.15) is 18.4 Å². The number of hydrogen-bond acceptors (Lipinski definition) is 20. The lowest BCUT2D eigenvalue weighted by Crippen LogP contribution is -2.43. The van der Waals surface area contributed by atoms with Gasteiger partial charge >= 0.3 is 24.1 Å². The maximum atomic E-state index is 15.2. The number of nitrogens with zero attached hydrogens (tertiary/aromatic N) is 5. The highest BCUT2D eigenvalue weighted by Crippen LogP contribution is 2.45. The van der Waals surface area contributed by atoms with Gasteiger partial charge in [-0.05, 0) is 139 Å². The van der Waals surface area contributed by atoms with Crippen molar-refractivity contribution in [2.75, 3.05) is 58.1 Å². The van der Waals surface area contributed by atoms with Crippen LogP contribution in [0.2, 0.25) is 10.0 Å². The van der Waals surface area contributed by atoms with E-state index in [1.807, 2.05) is 37.4 Å². The van der Waals surface area contributed by atoms with Crippen molar-refractivity contribution < 1.29 is 110 Å². The molecule has 24 nitrogen and oxygen atoms in total. The van der Waals surface area contributed by atoms with E-state index in [9.17, 15) is 78.3 Å². The molecule has 0 aliphatic rings. The van der Waals surface area contributed by atoms with Crippen molar-refractivity contribution in [3.8, 4) is 51.1 Å². The molecule has 13 rings (SSSR count). The summed E-state index contributed by atoms with van der Waals surface area (Å²) in [5.74, 6) is -13.7. The Balaban J connectivity index is 0.000000195. The molecule has 4 heterocycles. The molecule has 5 atom stereocenters. The number of nitrogens with one attached hydrogen (secondary N) is 6. The molecule has 0 bridgehead atoms. The number of carbonyl (C=O) groups is 7. The number of fused-ring (bicyclic) bond motifs is 3. The quantitative estimate of drug-likeness (QED) is 0.0134. The number of amides is 4. The van der Waals surface area contributed by atoms with E-state index in [4.69, 9.17) is 51.6 Å². The topological polar surface area (TPSA) is 322 Å². The van der Waals surface area contributed by atoms with Crippen LogP contribution in [0.3, 0.4) is 0 Å². The molecule has 4 amide bonds. The Morgan fingerprint density at radius 3 is 1.29 bits per heavy atom. The summed E-state index contributed by atoms with van der Waals surface area (Å²) in [6.45, 7) is 7.10. The molecule has 0 radical (unpaired) electrons. The number of pyridine rings is 4. The molecule has 9 aromatic carbocycles. The first-order valence-corrected chi connectivity index (χ1v) is 41.9. The fraction of sp³-hybridized carbons (Fsp3) is 0.224. The zero-order valence-electron chi connectivity index (χ0n) is 73.2. The van der Waals surface area contributed by atoms with Gasteiger partial charge in [-0.25, -0.2) is 49.5 Å². The SMILES string of the molecule is CCOCc1cc(OC)c(-c2ccc(C[C@H](NC(=O)c3c(F)cc(NC(C)=O)cc3F)C(=O)OC)c3cccnc23)c(OC)c1.CC[C@@H](Nc1cc(F)c(C(=O)N[C@@H](Cc2ccc(-c3ncc(C)cc3Cl)c3ncccc23)C(=O)OC)c(F)c1)C(F)(F)F.COC(=O)[C@H](Cc1ccc(-c2ccc(C#N)cc2Cl)c2ncccc12)NC(=O)c1c(F)cc(NC(c2ccccc2)C(F)F)cc1F. The van der Waals surface area contributed by atoms with Crippen molar-refractivity contribution in [2.24, 2.45) is 0 Å². The first-order valence-electron chi connectivity index (χ1n) is 41.1. The van der Waals surface area contributed by atoms with Crippen LogP contribution in [0.25, 0.3) is 66.2 Å². The third-order valence-corrected chi connectivity index (χ3v) is 21.8. The Hall–Kier alpha value is -14.9. The van der Waals surface area contributed by atoms with Crippen LogP contribution in [0, 0.1) is 53.2 Å². The Kier molecular flexibility index (Phi) is 33.9. The second-order valence-electron chi connectivity index (χ2n) is 30.1. The zero-order chi connectivity index (χ0) is 97.8. The van der Waals surface area contributed by atoms with E-state index in [0.29, 0.717) is 135 Å². The van der Waals surface area contributed by atoms with E-state index in [-0.39, 0.29) is 36.2 Å². The fourth-order valence-corrected chi connectivity index (χ4v) is 15.4.